The normalized spacial score (nSPS) is 24.3. The van der Waals surface area contributed by atoms with Gasteiger partial charge in [-0.15, -0.1) is 0 Å². The van der Waals surface area contributed by atoms with Crippen molar-refractivity contribution < 1.29 is 0 Å². The highest BCUT2D eigenvalue weighted by Gasteiger charge is 2.21. The second-order valence-electron chi connectivity index (χ2n) is 6.27. The number of rotatable bonds is 3. The SMILES string of the molecule is Cc1c(Br)cccc1NC1CCCC(C(C)C)CC1. The molecule has 1 saturated carbocycles. The third-order valence-corrected chi connectivity index (χ3v) is 5.44. The molecule has 1 nitrogen and oxygen atoms in total. The van der Waals surface area contributed by atoms with Gasteiger partial charge in [-0.25, -0.2) is 0 Å². The van der Waals surface area contributed by atoms with E-state index in [-0.39, 0.29) is 0 Å². The number of nitrogens with one attached hydrogen (secondary N) is 1. The van der Waals surface area contributed by atoms with Crippen LogP contribution < -0.4 is 5.32 Å². The molecule has 106 valence electrons. The Kier molecular flexibility index (Phi) is 5.32. The van der Waals surface area contributed by atoms with Gasteiger partial charge in [0.15, 0.2) is 0 Å². The molecule has 1 aromatic rings. The quantitative estimate of drug-likeness (QED) is 0.696. The molecule has 1 fully saturated rings. The summed E-state index contributed by atoms with van der Waals surface area (Å²) in [5.41, 5.74) is 2.62. The molecule has 1 aliphatic rings. The molecule has 0 radical (unpaired) electrons. The first-order chi connectivity index (χ1) is 9.08. The molecule has 1 N–H and O–H groups in total. The maximum Gasteiger partial charge on any atom is 0.0383 e. The lowest BCUT2D eigenvalue weighted by Crippen LogP contribution is -2.19. The van der Waals surface area contributed by atoms with Crippen LogP contribution in [0.5, 0.6) is 0 Å². The molecule has 0 amide bonds. The molecule has 0 bridgehead atoms. The fraction of sp³-hybridized carbons (Fsp3) is 0.647. The average Bonchev–Trinajstić information content (AvgIpc) is 2.60. The first-order valence-electron chi connectivity index (χ1n) is 7.59. The van der Waals surface area contributed by atoms with Crippen LogP contribution >= 0.6 is 15.9 Å². The van der Waals surface area contributed by atoms with Crippen LogP contribution in [0.4, 0.5) is 5.69 Å². The van der Waals surface area contributed by atoms with Gasteiger partial charge in [-0.1, -0.05) is 48.7 Å². The first-order valence-corrected chi connectivity index (χ1v) is 8.39. The monoisotopic (exact) mass is 323 g/mol. The van der Waals surface area contributed by atoms with Crippen LogP contribution in [0.3, 0.4) is 0 Å². The average molecular weight is 324 g/mol. The van der Waals surface area contributed by atoms with E-state index in [4.69, 9.17) is 0 Å². The van der Waals surface area contributed by atoms with Gasteiger partial charge in [0.2, 0.25) is 0 Å². The molecule has 0 aromatic heterocycles. The zero-order valence-electron chi connectivity index (χ0n) is 12.4. The van der Waals surface area contributed by atoms with Crippen molar-refractivity contribution in [2.45, 2.75) is 58.9 Å². The highest BCUT2D eigenvalue weighted by molar-refractivity contribution is 9.10. The van der Waals surface area contributed by atoms with E-state index >= 15 is 0 Å². The lowest BCUT2D eigenvalue weighted by Gasteiger charge is -2.21. The van der Waals surface area contributed by atoms with Gasteiger partial charge in [-0.3, -0.25) is 0 Å². The van der Waals surface area contributed by atoms with Crippen LogP contribution in [0.1, 0.15) is 51.5 Å². The van der Waals surface area contributed by atoms with Gasteiger partial charge in [-0.2, -0.15) is 0 Å². The molecule has 0 aliphatic heterocycles. The van der Waals surface area contributed by atoms with E-state index in [1.165, 1.54) is 47.8 Å². The molecule has 1 aliphatic carbocycles. The minimum Gasteiger partial charge on any atom is -0.382 e. The van der Waals surface area contributed by atoms with E-state index in [2.05, 4.69) is 60.2 Å². The van der Waals surface area contributed by atoms with Crippen molar-refractivity contribution in [2.75, 3.05) is 5.32 Å². The molecular formula is C17H26BrN. The smallest absolute Gasteiger partial charge is 0.0383 e. The Hall–Kier alpha value is -0.500. The Bertz CT molecular complexity index is 414. The van der Waals surface area contributed by atoms with E-state index < -0.39 is 0 Å². The van der Waals surface area contributed by atoms with Crippen LogP contribution in [-0.4, -0.2) is 6.04 Å². The Labute approximate surface area is 126 Å². The summed E-state index contributed by atoms with van der Waals surface area (Å²) in [6.45, 7) is 6.92. The summed E-state index contributed by atoms with van der Waals surface area (Å²) >= 11 is 3.61. The van der Waals surface area contributed by atoms with Crippen LogP contribution in [0, 0.1) is 18.8 Å². The van der Waals surface area contributed by atoms with Crippen molar-refractivity contribution in [2.24, 2.45) is 11.8 Å². The van der Waals surface area contributed by atoms with Crippen molar-refractivity contribution in [1.82, 2.24) is 0 Å². The summed E-state index contributed by atoms with van der Waals surface area (Å²) in [5, 5.41) is 3.76. The molecule has 2 heteroatoms. The van der Waals surface area contributed by atoms with Gasteiger partial charge in [0.05, 0.1) is 0 Å². The number of hydrogen-bond donors (Lipinski definition) is 1. The lowest BCUT2D eigenvalue weighted by atomic mass is 9.89. The van der Waals surface area contributed by atoms with E-state index in [9.17, 15) is 0 Å². The number of anilines is 1. The molecule has 0 spiro atoms. The molecule has 1 aromatic carbocycles. The summed E-state index contributed by atoms with van der Waals surface area (Å²) in [4.78, 5) is 0. The molecule has 19 heavy (non-hydrogen) atoms. The van der Waals surface area contributed by atoms with Crippen molar-refractivity contribution in [1.29, 1.82) is 0 Å². The zero-order chi connectivity index (χ0) is 13.8. The van der Waals surface area contributed by atoms with Crippen LogP contribution in [0.15, 0.2) is 22.7 Å². The van der Waals surface area contributed by atoms with Gasteiger partial charge in [0.25, 0.3) is 0 Å². The second-order valence-corrected chi connectivity index (χ2v) is 7.12. The molecule has 0 saturated heterocycles. The summed E-state index contributed by atoms with van der Waals surface area (Å²) in [6.07, 6.45) is 6.78. The number of benzene rings is 1. The largest absolute Gasteiger partial charge is 0.382 e. The molecule has 0 heterocycles. The highest BCUT2D eigenvalue weighted by atomic mass is 79.9. The fourth-order valence-electron chi connectivity index (χ4n) is 3.13. The van der Waals surface area contributed by atoms with Gasteiger partial charge >= 0.3 is 0 Å². The zero-order valence-corrected chi connectivity index (χ0v) is 14.0. The minimum atomic E-state index is 0.650. The summed E-state index contributed by atoms with van der Waals surface area (Å²) in [6, 6.07) is 7.08. The third-order valence-electron chi connectivity index (χ3n) is 4.58. The Balaban J connectivity index is 1.98. The van der Waals surface area contributed by atoms with Gasteiger partial charge in [0, 0.05) is 16.2 Å². The topological polar surface area (TPSA) is 12.0 Å². The van der Waals surface area contributed by atoms with E-state index in [0.717, 1.165) is 11.8 Å². The van der Waals surface area contributed by atoms with Crippen molar-refractivity contribution in [3.05, 3.63) is 28.2 Å². The Morgan fingerprint density at radius 3 is 2.68 bits per heavy atom. The molecule has 2 unspecified atom stereocenters. The van der Waals surface area contributed by atoms with E-state index in [1.807, 2.05) is 0 Å². The standard InChI is InChI=1S/C17H26BrN/c1-12(2)14-6-4-7-15(11-10-14)19-17-9-5-8-16(18)13(17)3/h5,8-9,12,14-15,19H,4,6-7,10-11H2,1-3H3. The summed E-state index contributed by atoms with van der Waals surface area (Å²) < 4.78 is 1.20. The van der Waals surface area contributed by atoms with Crippen molar-refractivity contribution >= 4 is 21.6 Å². The van der Waals surface area contributed by atoms with Crippen molar-refractivity contribution in [3.63, 3.8) is 0 Å². The molecule has 2 atom stereocenters. The van der Waals surface area contributed by atoms with Gasteiger partial charge < -0.3 is 5.32 Å². The predicted molar refractivity (Wildman–Crippen MR) is 87.7 cm³/mol. The number of halogens is 1. The maximum absolute atomic E-state index is 3.76. The van der Waals surface area contributed by atoms with Gasteiger partial charge in [0.1, 0.15) is 0 Å². The maximum atomic E-state index is 3.76. The highest BCUT2D eigenvalue weighted by Crippen LogP contribution is 2.31. The number of hydrogen-bond acceptors (Lipinski definition) is 1. The first kappa shape index (κ1) is 14.9. The van der Waals surface area contributed by atoms with Crippen LogP contribution in [0.25, 0.3) is 0 Å². The fourth-order valence-corrected chi connectivity index (χ4v) is 3.49. The molecular weight excluding hydrogens is 298 g/mol. The lowest BCUT2D eigenvalue weighted by molar-refractivity contribution is 0.341. The summed E-state index contributed by atoms with van der Waals surface area (Å²) in [7, 11) is 0. The second kappa shape index (κ2) is 6.78. The van der Waals surface area contributed by atoms with E-state index in [0.29, 0.717) is 6.04 Å². The minimum absolute atomic E-state index is 0.650. The van der Waals surface area contributed by atoms with Crippen LogP contribution in [-0.2, 0) is 0 Å². The Morgan fingerprint density at radius 1 is 1.16 bits per heavy atom. The molecule has 2 rings (SSSR count). The van der Waals surface area contributed by atoms with E-state index in [1.54, 1.807) is 0 Å². The van der Waals surface area contributed by atoms with Crippen LogP contribution in [0.2, 0.25) is 0 Å². The van der Waals surface area contributed by atoms with Gasteiger partial charge in [-0.05, 0) is 55.7 Å². The predicted octanol–water partition coefficient (Wildman–Crippen LogP) is 5.77. The summed E-state index contributed by atoms with van der Waals surface area (Å²) in [5.74, 6) is 1.77. The third kappa shape index (κ3) is 3.98. The Morgan fingerprint density at radius 2 is 1.95 bits per heavy atom. The van der Waals surface area contributed by atoms with Crippen molar-refractivity contribution in [3.8, 4) is 0 Å².